The Morgan fingerprint density at radius 1 is 0.797 bits per heavy atom. The number of ether oxygens (including phenoxy) is 4. The molecule has 7 rings (SSSR count). The lowest BCUT2D eigenvalue weighted by Crippen LogP contribution is -2.48. The first-order chi connectivity index (χ1) is 30.0. The Kier molecular flexibility index (Phi) is 14.7. The highest BCUT2D eigenvalue weighted by molar-refractivity contribution is 6.76. The van der Waals surface area contributed by atoms with Crippen LogP contribution in [-0.4, -0.2) is 115 Å². The summed E-state index contributed by atoms with van der Waals surface area (Å²) in [4.78, 5) is 32.6. The lowest BCUT2D eigenvalue weighted by molar-refractivity contribution is 0.00565. The first kappa shape index (κ1) is 48.4. The van der Waals surface area contributed by atoms with Crippen molar-refractivity contribution in [3.8, 4) is 22.6 Å². The Bertz CT molecular complexity index is 2190. The Morgan fingerprint density at radius 3 is 1.92 bits per heavy atom. The highest BCUT2D eigenvalue weighted by atomic mass is 28.3. The van der Waals surface area contributed by atoms with Crippen molar-refractivity contribution in [2.45, 2.75) is 173 Å². The molecule has 4 aromatic heterocycles. The zero-order valence-corrected chi connectivity index (χ0v) is 43.8. The fourth-order valence-electron chi connectivity index (χ4n) is 8.78. The average Bonchev–Trinajstić information content (AvgIpc) is 3.74. The van der Waals surface area contributed by atoms with Crippen molar-refractivity contribution in [1.29, 1.82) is 0 Å². The van der Waals surface area contributed by atoms with Gasteiger partial charge in [-0.3, -0.25) is 4.98 Å². The third-order valence-corrected chi connectivity index (χ3v) is 17.6. The van der Waals surface area contributed by atoms with E-state index >= 15 is 0 Å². The number of rotatable bonds is 20. The summed E-state index contributed by atoms with van der Waals surface area (Å²) < 4.78 is 43.4. The lowest BCUT2D eigenvalue weighted by Gasteiger charge is -2.40. The van der Waals surface area contributed by atoms with Gasteiger partial charge in [0, 0.05) is 84.9 Å². The number of carbonyl (C=O) groups excluding carboxylic acids is 1. The number of anilines is 1. The molecule has 3 aliphatic rings. The largest absolute Gasteiger partial charge is 0.444 e. The highest BCUT2D eigenvalue weighted by Gasteiger charge is 2.47. The average molecular weight is 935 g/mol. The van der Waals surface area contributed by atoms with Crippen LogP contribution in [0.25, 0.3) is 28.3 Å². The molecule has 64 heavy (non-hydrogen) atoms. The molecule has 0 unspecified atom stereocenters. The van der Waals surface area contributed by atoms with Crippen molar-refractivity contribution in [3.63, 3.8) is 0 Å². The molecule has 6 heterocycles. The molecule has 17 heteroatoms. The number of nitrogens with zero attached hydrogens (tertiary/aromatic N) is 8. The van der Waals surface area contributed by atoms with Crippen molar-refractivity contribution in [3.05, 3.63) is 47.9 Å². The molecule has 2 bridgehead atoms. The highest BCUT2D eigenvalue weighted by Crippen LogP contribution is 2.52. The van der Waals surface area contributed by atoms with Gasteiger partial charge in [-0.25, -0.2) is 9.78 Å². The summed E-state index contributed by atoms with van der Waals surface area (Å²) >= 11 is 0. The van der Waals surface area contributed by atoms with E-state index in [2.05, 4.69) is 68.8 Å². The molecule has 0 aromatic carbocycles. The zero-order valence-electron chi connectivity index (χ0n) is 40.8. The van der Waals surface area contributed by atoms with Crippen LogP contribution in [0.5, 0.6) is 0 Å². The van der Waals surface area contributed by atoms with E-state index in [9.17, 15) is 9.18 Å². The van der Waals surface area contributed by atoms with Crippen molar-refractivity contribution in [1.82, 2.24) is 34.0 Å². The number of amides is 1. The van der Waals surface area contributed by atoms with Gasteiger partial charge in [-0.1, -0.05) is 65.0 Å². The molecule has 2 aliphatic heterocycles. The van der Waals surface area contributed by atoms with Crippen molar-refractivity contribution in [2.75, 3.05) is 38.2 Å². The maximum atomic E-state index is 14.6. The van der Waals surface area contributed by atoms with Crippen LogP contribution < -0.4 is 4.90 Å². The van der Waals surface area contributed by atoms with E-state index < -0.39 is 35.8 Å². The fourth-order valence-corrected chi connectivity index (χ4v) is 11.1. The van der Waals surface area contributed by atoms with Gasteiger partial charge in [0.15, 0.2) is 11.5 Å². The van der Waals surface area contributed by atoms with Crippen LogP contribution in [0.15, 0.2) is 30.7 Å². The Morgan fingerprint density at radius 2 is 1.39 bits per heavy atom. The molecule has 3 fully saturated rings. The van der Waals surface area contributed by atoms with Crippen LogP contribution in [0, 0.1) is 5.95 Å². The summed E-state index contributed by atoms with van der Waals surface area (Å²) in [6, 6.07) is 7.20. The molecule has 4 aromatic rings. The fraction of sp³-hybridized carbons (Fsp3) is 0.681. The normalized spacial score (nSPS) is 19.5. The van der Waals surface area contributed by atoms with Gasteiger partial charge < -0.3 is 33.3 Å². The maximum absolute atomic E-state index is 14.6. The number of imidazole rings is 1. The molecule has 0 N–H and O–H groups in total. The molecule has 1 amide bonds. The standard InChI is InChI=1S/C47H75FN8O5Si3/c1-47(2,3)61-46(57)55-36-16-17-37(55)26-35(25-36)42-41(33-13-14-33)45(54(31-59-20-23-63(7,8)9)32-60-21-24-64(10,11)12)56-43(52-42)38(28-50-56)34-15-18-39(49-27-34)44-51-40(48)29-53(44)30-58-19-22-62(4,5)6/h15,18,27-29,33,35-37H,13-14,16-17,19-26,30-32H2,1-12H3/t35-,36+,37-. The minimum absolute atomic E-state index is 0.0855. The van der Waals surface area contributed by atoms with E-state index in [1.165, 1.54) is 11.8 Å². The lowest BCUT2D eigenvalue weighted by atomic mass is 9.85. The van der Waals surface area contributed by atoms with E-state index in [0.29, 0.717) is 50.7 Å². The number of carbonyl (C=O) groups is 1. The molecule has 352 valence electrons. The number of piperidine rings is 1. The summed E-state index contributed by atoms with van der Waals surface area (Å²) in [6.45, 7) is 29.9. The van der Waals surface area contributed by atoms with Crippen LogP contribution in [0.4, 0.5) is 15.0 Å². The van der Waals surface area contributed by atoms with Gasteiger partial charge in [0.05, 0.1) is 18.1 Å². The third-order valence-electron chi connectivity index (χ3n) is 12.5. The monoisotopic (exact) mass is 935 g/mol. The van der Waals surface area contributed by atoms with Crippen LogP contribution in [-0.2, 0) is 25.7 Å². The second-order valence-corrected chi connectivity index (χ2v) is 40.0. The first-order valence-corrected chi connectivity index (χ1v) is 34.8. The third kappa shape index (κ3) is 12.5. The van der Waals surface area contributed by atoms with Gasteiger partial charge in [-0.05, 0) is 89.4 Å². The molecule has 3 atom stereocenters. The summed E-state index contributed by atoms with van der Waals surface area (Å²) in [5.74, 6) is 1.31. The smallest absolute Gasteiger partial charge is 0.410 e. The van der Waals surface area contributed by atoms with Crippen LogP contribution in [0.1, 0.15) is 82.4 Å². The van der Waals surface area contributed by atoms with E-state index in [1.54, 1.807) is 4.57 Å². The van der Waals surface area contributed by atoms with Crippen molar-refractivity contribution < 1.29 is 28.1 Å². The molecular weight excluding hydrogens is 860 g/mol. The SMILES string of the molecule is CC(C)(C)OC(=O)N1[C@@H]2CC[C@H]1C[C@@H](c1nc3c(-c4ccc(-c5nc(F)cn5COCC[Si](C)(C)C)nc4)cnn3c(N(COCC[Si](C)(C)C)COCC[Si](C)(C)C)c1C1CC1)C2. The van der Waals surface area contributed by atoms with Gasteiger partial charge in [0.2, 0.25) is 5.95 Å². The summed E-state index contributed by atoms with van der Waals surface area (Å²) in [5, 5.41) is 5.11. The quantitative estimate of drug-likeness (QED) is 0.0481. The number of aromatic nitrogens is 6. The van der Waals surface area contributed by atoms with E-state index in [1.807, 2.05) is 54.7 Å². The van der Waals surface area contributed by atoms with E-state index in [0.717, 1.165) is 84.9 Å². The topological polar surface area (TPSA) is 121 Å². The number of pyridine rings is 1. The zero-order chi connectivity index (χ0) is 46.2. The minimum atomic E-state index is -1.33. The molecule has 0 radical (unpaired) electrons. The Hall–Kier alpha value is -3.49. The Balaban J connectivity index is 1.28. The molecule has 1 aliphatic carbocycles. The van der Waals surface area contributed by atoms with Crippen LogP contribution in [0.2, 0.25) is 77.1 Å². The predicted octanol–water partition coefficient (Wildman–Crippen LogP) is 11.1. The van der Waals surface area contributed by atoms with Crippen LogP contribution in [0.3, 0.4) is 0 Å². The van der Waals surface area contributed by atoms with Crippen LogP contribution >= 0.6 is 0 Å². The number of halogens is 1. The summed E-state index contributed by atoms with van der Waals surface area (Å²) in [7, 11) is -3.95. The van der Waals surface area contributed by atoms with Gasteiger partial charge in [0.25, 0.3) is 0 Å². The van der Waals surface area contributed by atoms with E-state index in [-0.39, 0.29) is 30.8 Å². The van der Waals surface area contributed by atoms with Gasteiger partial charge >= 0.3 is 6.09 Å². The second kappa shape index (κ2) is 19.4. The second-order valence-electron chi connectivity index (χ2n) is 23.1. The molecular formula is C47H75FN8O5Si3. The number of hydrogen-bond donors (Lipinski definition) is 0. The Labute approximate surface area is 383 Å². The number of hydrogen-bond acceptors (Lipinski definition) is 10. The number of fused-ring (bicyclic) bond motifs is 3. The summed E-state index contributed by atoms with van der Waals surface area (Å²) in [5.41, 5.74) is 4.75. The minimum Gasteiger partial charge on any atom is -0.444 e. The molecule has 0 spiro atoms. The van der Waals surface area contributed by atoms with Gasteiger partial charge in [-0.2, -0.15) is 19.0 Å². The summed E-state index contributed by atoms with van der Waals surface area (Å²) in [6.07, 6.45) is 10.6. The first-order valence-electron chi connectivity index (χ1n) is 23.6. The molecule has 13 nitrogen and oxygen atoms in total. The van der Waals surface area contributed by atoms with Crippen molar-refractivity contribution in [2.24, 2.45) is 0 Å². The van der Waals surface area contributed by atoms with Gasteiger partial charge in [0.1, 0.15) is 37.3 Å². The maximum Gasteiger partial charge on any atom is 0.410 e. The predicted molar refractivity (Wildman–Crippen MR) is 261 cm³/mol. The van der Waals surface area contributed by atoms with Crippen molar-refractivity contribution >= 4 is 41.8 Å². The van der Waals surface area contributed by atoms with E-state index in [4.69, 9.17) is 34.0 Å². The van der Waals surface area contributed by atoms with Gasteiger partial charge in [-0.15, -0.1) is 0 Å². The molecule has 1 saturated carbocycles. The molecule has 2 saturated heterocycles.